The van der Waals surface area contributed by atoms with Crippen molar-refractivity contribution in [2.45, 2.75) is 26.1 Å². The van der Waals surface area contributed by atoms with Crippen LogP contribution in [0.2, 0.25) is 0 Å². The average molecular weight is 313 g/mol. The van der Waals surface area contributed by atoms with Crippen molar-refractivity contribution in [3.05, 3.63) is 65.2 Å². The van der Waals surface area contributed by atoms with Crippen molar-refractivity contribution in [2.24, 2.45) is 0 Å². The van der Waals surface area contributed by atoms with Crippen LogP contribution in [0.4, 0.5) is 0 Å². The molecule has 1 atom stereocenters. The topological polar surface area (TPSA) is 47.6 Å². The monoisotopic (exact) mass is 313 g/mol. The molecule has 0 aromatic heterocycles. The Morgan fingerprint density at radius 3 is 2.39 bits per heavy atom. The Balaban J connectivity index is 2.22. The van der Waals surface area contributed by atoms with Gasteiger partial charge in [0.2, 0.25) is 0 Å². The Hall–Kier alpha value is -2.33. The Morgan fingerprint density at radius 1 is 1.09 bits per heavy atom. The Bertz CT molecular complexity index is 655. The largest absolute Gasteiger partial charge is 0.489 e. The van der Waals surface area contributed by atoms with Crippen molar-refractivity contribution in [3.8, 4) is 5.75 Å². The van der Waals surface area contributed by atoms with Gasteiger partial charge in [0.15, 0.2) is 6.10 Å². The number of amides is 1. The fourth-order valence-corrected chi connectivity index (χ4v) is 2.52. The van der Waals surface area contributed by atoms with Gasteiger partial charge in [0.05, 0.1) is 0 Å². The summed E-state index contributed by atoms with van der Waals surface area (Å²) >= 11 is 0. The highest BCUT2D eigenvalue weighted by atomic mass is 16.5. The molecule has 0 fully saturated rings. The van der Waals surface area contributed by atoms with E-state index in [2.05, 4.69) is 18.3 Å². The average Bonchev–Trinajstić information content (AvgIpc) is 2.61. The van der Waals surface area contributed by atoms with E-state index in [4.69, 9.17) is 9.47 Å². The lowest BCUT2D eigenvalue weighted by atomic mass is 10.0. The highest BCUT2D eigenvalue weighted by Crippen LogP contribution is 2.24. The maximum Gasteiger partial charge on any atom is 0.253 e. The molecular weight excluding hydrogens is 290 g/mol. The van der Waals surface area contributed by atoms with Crippen LogP contribution in [-0.2, 0) is 22.6 Å². The molecule has 0 saturated heterocycles. The summed E-state index contributed by atoms with van der Waals surface area (Å²) in [6.07, 6.45) is 0.276. The molecule has 2 aromatic carbocycles. The summed E-state index contributed by atoms with van der Waals surface area (Å²) < 4.78 is 11.3. The quantitative estimate of drug-likeness (QED) is 0.853. The van der Waals surface area contributed by atoms with E-state index in [1.165, 1.54) is 12.7 Å². The number of ether oxygens (including phenoxy) is 2. The fraction of sp³-hybridized carbons (Fsp3) is 0.316. The molecule has 0 bridgehead atoms. The smallest absolute Gasteiger partial charge is 0.253 e. The molecule has 2 rings (SSSR count). The van der Waals surface area contributed by atoms with Gasteiger partial charge in [-0.05, 0) is 29.2 Å². The van der Waals surface area contributed by atoms with E-state index in [0.717, 1.165) is 23.3 Å². The minimum Gasteiger partial charge on any atom is -0.489 e. The van der Waals surface area contributed by atoms with Gasteiger partial charge in [0, 0.05) is 14.2 Å². The van der Waals surface area contributed by atoms with E-state index in [-0.39, 0.29) is 5.91 Å². The minimum atomic E-state index is -0.638. The molecule has 0 aliphatic heterocycles. The Morgan fingerprint density at radius 2 is 1.74 bits per heavy atom. The Labute approximate surface area is 137 Å². The predicted octanol–water partition coefficient (Wildman–Crippen LogP) is 3.26. The number of likely N-dealkylation sites (N-methyl/N-ethyl adjacent to an activating group) is 1. The second-order valence-corrected chi connectivity index (χ2v) is 5.18. The van der Waals surface area contributed by atoms with Crippen LogP contribution in [0.3, 0.4) is 0 Å². The van der Waals surface area contributed by atoms with Crippen LogP contribution in [0.5, 0.6) is 5.75 Å². The van der Waals surface area contributed by atoms with Gasteiger partial charge < -0.3 is 14.8 Å². The second kappa shape index (κ2) is 8.34. The third-order valence-corrected chi connectivity index (χ3v) is 3.79. The zero-order valence-corrected chi connectivity index (χ0v) is 13.8. The molecular formula is C19H23NO3. The lowest BCUT2D eigenvalue weighted by molar-refractivity contribution is -0.130. The third kappa shape index (κ3) is 4.11. The van der Waals surface area contributed by atoms with Crippen LogP contribution < -0.4 is 10.1 Å². The normalized spacial score (nSPS) is 11.8. The molecule has 0 aliphatic carbocycles. The molecule has 0 heterocycles. The van der Waals surface area contributed by atoms with E-state index >= 15 is 0 Å². The van der Waals surface area contributed by atoms with Gasteiger partial charge in [-0.1, -0.05) is 49.4 Å². The summed E-state index contributed by atoms with van der Waals surface area (Å²) in [6, 6.07) is 15.7. The maximum absolute atomic E-state index is 12.0. The molecule has 4 nitrogen and oxygen atoms in total. The SMILES string of the molecule is CCc1ccccc1OCc1ccccc1C(OC)C(=O)NC. The van der Waals surface area contributed by atoms with Gasteiger partial charge in [0.1, 0.15) is 12.4 Å². The number of rotatable bonds is 7. The van der Waals surface area contributed by atoms with Gasteiger partial charge in [0.25, 0.3) is 5.91 Å². The van der Waals surface area contributed by atoms with Crippen LogP contribution in [0.1, 0.15) is 29.7 Å². The first-order chi connectivity index (χ1) is 11.2. The van der Waals surface area contributed by atoms with Crippen molar-refractivity contribution >= 4 is 5.91 Å². The number of methoxy groups -OCH3 is 1. The van der Waals surface area contributed by atoms with E-state index < -0.39 is 6.10 Å². The van der Waals surface area contributed by atoms with Gasteiger partial charge in [-0.2, -0.15) is 0 Å². The van der Waals surface area contributed by atoms with Crippen LogP contribution in [0.15, 0.2) is 48.5 Å². The van der Waals surface area contributed by atoms with E-state index in [1.807, 2.05) is 42.5 Å². The molecule has 0 aliphatic rings. The van der Waals surface area contributed by atoms with Gasteiger partial charge in [-0.25, -0.2) is 0 Å². The summed E-state index contributed by atoms with van der Waals surface area (Å²) in [6.45, 7) is 2.49. The standard InChI is InChI=1S/C19H23NO3/c1-4-14-9-6-8-12-17(14)23-13-15-10-5-7-11-16(15)18(22-3)19(21)20-2/h5-12,18H,4,13H2,1-3H3,(H,20,21). The number of carbonyl (C=O) groups excluding carboxylic acids is 1. The minimum absolute atomic E-state index is 0.172. The molecule has 122 valence electrons. The summed E-state index contributed by atoms with van der Waals surface area (Å²) in [5.74, 6) is 0.702. The first-order valence-corrected chi connectivity index (χ1v) is 7.74. The second-order valence-electron chi connectivity index (χ2n) is 5.18. The number of aryl methyl sites for hydroxylation is 1. The first kappa shape index (κ1) is 17.0. The predicted molar refractivity (Wildman–Crippen MR) is 90.4 cm³/mol. The summed E-state index contributed by atoms with van der Waals surface area (Å²) in [4.78, 5) is 12.0. The molecule has 1 amide bonds. The van der Waals surface area contributed by atoms with Crippen LogP contribution in [0, 0.1) is 0 Å². The number of para-hydroxylation sites is 1. The van der Waals surface area contributed by atoms with Crippen LogP contribution >= 0.6 is 0 Å². The van der Waals surface area contributed by atoms with Crippen molar-refractivity contribution in [3.63, 3.8) is 0 Å². The highest BCUT2D eigenvalue weighted by molar-refractivity contribution is 5.82. The van der Waals surface area contributed by atoms with Crippen molar-refractivity contribution in [1.29, 1.82) is 0 Å². The molecule has 4 heteroatoms. The lowest BCUT2D eigenvalue weighted by Crippen LogP contribution is -2.27. The molecule has 23 heavy (non-hydrogen) atoms. The molecule has 0 spiro atoms. The first-order valence-electron chi connectivity index (χ1n) is 7.74. The van der Waals surface area contributed by atoms with Crippen LogP contribution in [-0.4, -0.2) is 20.1 Å². The van der Waals surface area contributed by atoms with Crippen molar-refractivity contribution in [2.75, 3.05) is 14.2 Å². The molecule has 1 unspecified atom stereocenters. The molecule has 1 N–H and O–H groups in total. The number of hydrogen-bond donors (Lipinski definition) is 1. The van der Waals surface area contributed by atoms with E-state index in [0.29, 0.717) is 6.61 Å². The third-order valence-electron chi connectivity index (χ3n) is 3.79. The summed E-state index contributed by atoms with van der Waals surface area (Å²) in [7, 11) is 3.13. The van der Waals surface area contributed by atoms with Gasteiger partial charge in [-0.3, -0.25) is 4.79 Å². The lowest BCUT2D eigenvalue weighted by Gasteiger charge is -2.18. The number of carbonyl (C=O) groups is 1. The Kier molecular flexibility index (Phi) is 6.18. The number of benzene rings is 2. The van der Waals surface area contributed by atoms with Gasteiger partial charge >= 0.3 is 0 Å². The number of nitrogens with one attached hydrogen (secondary N) is 1. The molecule has 2 aromatic rings. The van der Waals surface area contributed by atoms with Gasteiger partial charge in [-0.15, -0.1) is 0 Å². The molecule has 0 saturated carbocycles. The number of hydrogen-bond acceptors (Lipinski definition) is 3. The van der Waals surface area contributed by atoms with Crippen molar-refractivity contribution in [1.82, 2.24) is 5.32 Å². The summed E-state index contributed by atoms with van der Waals surface area (Å²) in [5, 5.41) is 2.63. The summed E-state index contributed by atoms with van der Waals surface area (Å²) in [5.41, 5.74) is 2.93. The van der Waals surface area contributed by atoms with Crippen LogP contribution in [0.25, 0.3) is 0 Å². The fourth-order valence-electron chi connectivity index (χ4n) is 2.52. The van der Waals surface area contributed by atoms with Crippen molar-refractivity contribution < 1.29 is 14.3 Å². The molecule has 0 radical (unpaired) electrons. The zero-order chi connectivity index (χ0) is 16.7. The maximum atomic E-state index is 12.0. The van der Waals surface area contributed by atoms with E-state index in [9.17, 15) is 4.79 Å². The van der Waals surface area contributed by atoms with E-state index in [1.54, 1.807) is 7.05 Å². The zero-order valence-electron chi connectivity index (χ0n) is 13.8. The highest BCUT2D eigenvalue weighted by Gasteiger charge is 2.21.